The van der Waals surface area contributed by atoms with Crippen molar-refractivity contribution in [1.82, 2.24) is 0 Å². The summed E-state index contributed by atoms with van der Waals surface area (Å²) in [5.41, 5.74) is 0. The predicted molar refractivity (Wildman–Crippen MR) is 16.7 cm³/mol. The number of halogens is 2. The number of phosphoric acid groups is 1. The molecule has 8 heteroatoms. The van der Waals surface area contributed by atoms with E-state index in [1.807, 2.05) is 0 Å². The predicted octanol–water partition coefficient (Wildman–Crippen LogP) is -2.47. The monoisotopic (exact) mass is 188 g/mol. The zero-order chi connectivity index (χ0) is 5.91. The molecule has 0 saturated heterocycles. The number of hydrogen-bond acceptors (Lipinski definition) is 4. The molecule has 0 aliphatic heterocycles. The molecular weight excluding hydrogens is 189 g/mol. The Labute approximate surface area is 92.4 Å². The first-order valence-electron chi connectivity index (χ1n) is 1.04. The molecule has 0 aromatic carbocycles. The van der Waals surface area contributed by atoms with Crippen LogP contribution >= 0.6 is 19.7 Å². The minimum atomic E-state index is -4.81. The van der Waals surface area contributed by atoms with Gasteiger partial charge in [-0.15, -0.1) is 4.73 Å². The molecule has 0 amide bonds. The van der Waals surface area contributed by atoms with Crippen molar-refractivity contribution in [3.05, 3.63) is 0 Å². The molecule has 0 heterocycles. The molecule has 0 aromatic rings. The van der Waals surface area contributed by atoms with Crippen LogP contribution in [0, 0.1) is 0 Å². The van der Waals surface area contributed by atoms with E-state index in [-0.39, 0.29) is 51.4 Å². The van der Waals surface area contributed by atoms with Crippen LogP contribution in [0.2, 0.25) is 0 Å². The summed E-state index contributed by atoms with van der Waals surface area (Å²) in [4.78, 5) is 9.44. The number of hydrogen-bond donors (Lipinski definition) is 0. The van der Waals surface area contributed by atoms with E-state index in [2.05, 4.69) is 20.7 Å². The van der Waals surface area contributed by atoms with Gasteiger partial charge in [0.25, 0.3) is 0 Å². The van der Waals surface area contributed by atoms with E-state index in [9.17, 15) is 14.0 Å². The maximum absolute atomic E-state index is 10.5. The molecule has 0 rings (SSSR count). The molecule has 0 aliphatic rings. The number of rotatable bonds is 2. The molecule has 0 radical (unpaired) electrons. The fraction of sp³-hybridized carbons (Fsp3) is 0. The summed E-state index contributed by atoms with van der Waals surface area (Å²) in [6.45, 7) is 0. The third-order valence-electron chi connectivity index (χ3n) is 0.169. The summed E-state index contributed by atoms with van der Waals surface area (Å²) in [6, 6.07) is 0. The molecule has 0 bridgehead atoms. The van der Waals surface area contributed by atoms with Crippen LogP contribution in [0.1, 0.15) is 0 Å². The van der Waals surface area contributed by atoms with Gasteiger partial charge in [-0.25, -0.2) is 4.08 Å². The summed E-state index contributed by atoms with van der Waals surface area (Å²) in [6.07, 6.45) is 0. The molecular formula is ClFKO4P. The Bertz CT molecular complexity index is 88.0. The van der Waals surface area contributed by atoms with Crippen LogP contribution in [-0.2, 0) is 13.4 Å². The Morgan fingerprint density at radius 1 is 1.75 bits per heavy atom. The Kier molecular flexibility index (Phi) is 9.04. The van der Waals surface area contributed by atoms with Crippen molar-refractivity contribution in [3.8, 4) is 0 Å². The van der Waals surface area contributed by atoms with E-state index in [4.69, 9.17) is 0 Å². The Hall–Kier alpha value is 1.97. The molecule has 1 atom stereocenters. The smallest absolute Gasteiger partial charge is 0.753 e. The Balaban J connectivity index is 0. The fourth-order valence-electron chi connectivity index (χ4n) is 0.0106. The van der Waals surface area contributed by atoms with Gasteiger partial charge in [0.1, 0.15) is 0 Å². The van der Waals surface area contributed by atoms with E-state index in [1.165, 1.54) is 0 Å². The van der Waals surface area contributed by atoms with Crippen molar-refractivity contribution >= 4 is 19.7 Å². The van der Waals surface area contributed by atoms with Gasteiger partial charge in [0.15, 0.2) is 0 Å². The maximum atomic E-state index is 10.5. The van der Waals surface area contributed by atoms with Gasteiger partial charge in [-0.05, 0) is 4.53 Å². The largest absolute Gasteiger partial charge is 1.00 e. The summed E-state index contributed by atoms with van der Waals surface area (Å²) < 4.78 is 25.1. The minimum Gasteiger partial charge on any atom is -0.753 e. The zero-order valence-electron chi connectivity index (χ0n) is 3.84. The van der Waals surface area contributed by atoms with Crippen molar-refractivity contribution in [2.24, 2.45) is 0 Å². The summed E-state index contributed by atoms with van der Waals surface area (Å²) in [5, 5.41) is 0. The molecule has 0 fully saturated rings. The second kappa shape index (κ2) is 5.73. The summed E-state index contributed by atoms with van der Waals surface area (Å²) in [7, 11) is -4.81. The second-order valence-corrected chi connectivity index (χ2v) is 2.17. The van der Waals surface area contributed by atoms with Crippen molar-refractivity contribution < 1.29 is 74.2 Å². The first-order chi connectivity index (χ1) is 3.12. The van der Waals surface area contributed by atoms with Crippen molar-refractivity contribution in [2.75, 3.05) is 0 Å². The second-order valence-electron chi connectivity index (χ2n) is 0.585. The van der Waals surface area contributed by atoms with Gasteiger partial charge in [0.05, 0.1) is 11.9 Å². The Morgan fingerprint density at radius 2 is 2.12 bits per heavy atom. The van der Waals surface area contributed by atoms with Gasteiger partial charge in [-0.2, -0.15) is 0 Å². The average Bonchev–Trinajstić information content (AvgIpc) is 1.68. The molecule has 0 aliphatic carbocycles. The van der Waals surface area contributed by atoms with Gasteiger partial charge in [0, 0.05) is 0 Å². The van der Waals surface area contributed by atoms with Crippen molar-refractivity contribution in [2.45, 2.75) is 0 Å². The van der Waals surface area contributed by atoms with Gasteiger partial charge in [0.2, 0.25) is 0 Å². The van der Waals surface area contributed by atoms with Crippen LogP contribution in [0.15, 0.2) is 0 Å². The van der Waals surface area contributed by atoms with Crippen molar-refractivity contribution in [1.29, 1.82) is 0 Å². The molecule has 4 nitrogen and oxygen atoms in total. The Morgan fingerprint density at radius 3 is 2.12 bits per heavy atom. The average molecular weight is 189 g/mol. The van der Waals surface area contributed by atoms with E-state index in [1.54, 1.807) is 0 Å². The van der Waals surface area contributed by atoms with E-state index in [0.29, 0.717) is 0 Å². The van der Waals surface area contributed by atoms with E-state index >= 15 is 0 Å². The maximum Gasteiger partial charge on any atom is 1.00 e. The SMILES string of the molecule is O=P([O-])(OF)OCl.[K+]. The summed E-state index contributed by atoms with van der Waals surface area (Å²) >= 11 is 4.15. The standard InChI is InChI=1S/ClFHO4P.K/c1-5-7(3,4)6-2;/h(H,3,4);/q;+1/p-1. The van der Waals surface area contributed by atoms with Gasteiger partial charge in [-0.1, -0.05) is 0 Å². The van der Waals surface area contributed by atoms with E-state index < -0.39 is 7.82 Å². The molecule has 0 saturated carbocycles. The van der Waals surface area contributed by atoms with Crippen LogP contribution in [0.5, 0.6) is 0 Å². The molecule has 1 unspecified atom stereocenters. The van der Waals surface area contributed by atoms with Crippen LogP contribution in [0.3, 0.4) is 0 Å². The van der Waals surface area contributed by atoms with Crippen molar-refractivity contribution in [3.63, 3.8) is 0 Å². The van der Waals surface area contributed by atoms with Crippen LogP contribution < -0.4 is 56.3 Å². The van der Waals surface area contributed by atoms with E-state index in [0.717, 1.165) is 0 Å². The molecule has 8 heavy (non-hydrogen) atoms. The molecule has 0 N–H and O–H groups in total. The third kappa shape index (κ3) is 6.09. The van der Waals surface area contributed by atoms with Gasteiger partial charge in [-0.3, -0.25) is 4.57 Å². The van der Waals surface area contributed by atoms with Crippen LogP contribution in [-0.4, -0.2) is 0 Å². The van der Waals surface area contributed by atoms with Crippen LogP contribution in [0.4, 0.5) is 4.53 Å². The molecule has 0 aromatic heterocycles. The molecule has 44 valence electrons. The molecule has 0 spiro atoms. The zero-order valence-corrected chi connectivity index (χ0v) is 8.61. The third-order valence-corrected chi connectivity index (χ3v) is 1.01. The van der Waals surface area contributed by atoms with Gasteiger partial charge >= 0.3 is 59.2 Å². The minimum absolute atomic E-state index is 0. The van der Waals surface area contributed by atoms with Gasteiger partial charge < -0.3 is 4.89 Å². The topological polar surface area (TPSA) is 58.6 Å². The quantitative estimate of drug-likeness (QED) is 0.356. The summed E-state index contributed by atoms with van der Waals surface area (Å²) in [5.74, 6) is 0. The normalized spacial score (nSPS) is 16.4. The van der Waals surface area contributed by atoms with Crippen LogP contribution in [0.25, 0.3) is 0 Å². The first kappa shape index (κ1) is 12.6. The first-order valence-corrected chi connectivity index (χ1v) is 2.81. The fourth-order valence-corrected chi connectivity index (χ4v) is 0.0958.